The molecule has 0 saturated carbocycles. The van der Waals surface area contributed by atoms with E-state index in [0.29, 0.717) is 18.5 Å². The molecule has 2 rings (SSSR count). The molecule has 1 unspecified atom stereocenters. The van der Waals surface area contributed by atoms with Crippen molar-refractivity contribution in [2.45, 2.75) is 25.8 Å². The van der Waals surface area contributed by atoms with Gasteiger partial charge in [-0.2, -0.15) is 0 Å². The average molecular weight is 243 g/mol. The van der Waals surface area contributed by atoms with E-state index in [1.807, 2.05) is 13.0 Å². The van der Waals surface area contributed by atoms with Crippen molar-refractivity contribution in [1.29, 1.82) is 0 Å². The van der Waals surface area contributed by atoms with E-state index in [9.17, 15) is 0 Å². The van der Waals surface area contributed by atoms with Gasteiger partial charge in [0.15, 0.2) is 0 Å². The predicted molar refractivity (Wildman–Crippen MR) is 57.1 cm³/mol. The number of halogens is 1. The number of aromatic nitrogens is 3. The highest BCUT2D eigenvalue weighted by molar-refractivity contribution is 6.20. The van der Waals surface area contributed by atoms with Gasteiger partial charge in [-0.15, -0.1) is 16.7 Å². The van der Waals surface area contributed by atoms with E-state index >= 15 is 0 Å². The summed E-state index contributed by atoms with van der Waals surface area (Å²) in [6.45, 7) is 4.06. The Morgan fingerprint density at radius 2 is 2.31 bits per heavy atom. The third kappa shape index (κ3) is 2.52. The molecular formula is C9H11ClN4O2. The van der Waals surface area contributed by atoms with Gasteiger partial charge in [0.2, 0.25) is 5.89 Å². The van der Waals surface area contributed by atoms with E-state index in [1.165, 1.54) is 0 Å². The first-order chi connectivity index (χ1) is 7.65. The zero-order chi connectivity index (χ0) is 11.5. The standard InChI is InChI=1S/C9H11ClN4O2/c1-5-3-7(14-16-5)4-11-9-13-12-8(15-9)6(2)10/h3,6H,4H2,1-2H3,(H,11,13). The fourth-order valence-electron chi connectivity index (χ4n) is 1.13. The Balaban J connectivity index is 1.94. The molecule has 2 aromatic rings. The molecule has 7 heteroatoms. The Labute approximate surface area is 97.0 Å². The average Bonchev–Trinajstić information content (AvgIpc) is 2.83. The van der Waals surface area contributed by atoms with E-state index in [-0.39, 0.29) is 5.38 Å². The molecule has 0 spiro atoms. The Bertz CT molecular complexity index is 466. The van der Waals surface area contributed by atoms with Crippen LogP contribution in [0.4, 0.5) is 6.01 Å². The van der Waals surface area contributed by atoms with Crippen molar-refractivity contribution in [1.82, 2.24) is 15.4 Å². The van der Waals surface area contributed by atoms with Gasteiger partial charge in [-0.25, -0.2) is 0 Å². The molecule has 0 aliphatic rings. The molecule has 0 bridgehead atoms. The summed E-state index contributed by atoms with van der Waals surface area (Å²) in [6.07, 6.45) is 0. The van der Waals surface area contributed by atoms with Crippen molar-refractivity contribution in [2.24, 2.45) is 0 Å². The van der Waals surface area contributed by atoms with Gasteiger partial charge in [-0.1, -0.05) is 10.3 Å². The van der Waals surface area contributed by atoms with Crippen molar-refractivity contribution in [3.8, 4) is 0 Å². The zero-order valence-corrected chi connectivity index (χ0v) is 9.65. The van der Waals surface area contributed by atoms with Crippen LogP contribution in [0.25, 0.3) is 0 Å². The highest BCUT2D eigenvalue weighted by atomic mass is 35.5. The second kappa shape index (κ2) is 4.52. The number of hydrogen-bond donors (Lipinski definition) is 1. The van der Waals surface area contributed by atoms with E-state index in [2.05, 4.69) is 20.7 Å². The normalized spacial score (nSPS) is 12.7. The molecule has 0 aliphatic heterocycles. The third-order valence-electron chi connectivity index (χ3n) is 1.88. The summed E-state index contributed by atoms with van der Waals surface area (Å²) in [5.74, 6) is 1.15. The summed E-state index contributed by atoms with van der Waals surface area (Å²) in [7, 11) is 0. The number of anilines is 1. The molecular weight excluding hydrogens is 232 g/mol. The van der Waals surface area contributed by atoms with Crippen molar-refractivity contribution < 1.29 is 8.94 Å². The first-order valence-electron chi connectivity index (χ1n) is 4.78. The fraction of sp³-hybridized carbons (Fsp3) is 0.444. The quantitative estimate of drug-likeness (QED) is 0.829. The van der Waals surface area contributed by atoms with Crippen molar-refractivity contribution in [3.05, 3.63) is 23.4 Å². The van der Waals surface area contributed by atoms with Gasteiger partial charge in [-0.3, -0.25) is 0 Å². The Morgan fingerprint density at radius 3 is 2.88 bits per heavy atom. The minimum atomic E-state index is -0.294. The number of hydrogen-bond acceptors (Lipinski definition) is 6. The van der Waals surface area contributed by atoms with Crippen LogP contribution in [0.1, 0.15) is 29.6 Å². The van der Waals surface area contributed by atoms with Crippen molar-refractivity contribution in [2.75, 3.05) is 5.32 Å². The van der Waals surface area contributed by atoms with E-state index in [1.54, 1.807) is 6.92 Å². The first-order valence-corrected chi connectivity index (χ1v) is 5.22. The molecule has 1 atom stereocenters. The monoisotopic (exact) mass is 242 g/mol. The SMILES string of the molecule is Cc1cc(CNc2nnc(C(C)Cl)o2)no1. The number of aryl methyl sites for hydroxylation is 1. The minimum absolute atomic E-state index is 0.294. The van der Waals surface area contributed by atoms with E-state index in [4.69, 9.17) is 20.5 Å². The lowest BCUT2D eigenvalue weighted by Crippen LogP contribution is -1.99. The lowest BCUT2D eigenvalue weighted by molar-refractivity contribution is 0.391. The maximum absolute atomic E-state index is 5.79. The van der Waals surface area contributed by atoms with Crippen LogP contribution in [0.15, 0.2) is 15.0 Å². The summed E-state index contributed by atoms with van der Waals surface area (Å²) in [6, 6.07) is 2.15. The summed E-state index contributed by atoms with van der Waals surface area (Å²) in [5, 5.41) is 14.0. The molecule has 2 aromatic heterocycles. The van der Waals surface area contributed by atoms with E-state index < -0.39 is 0 Å². The van der Waals surface area contributed by atoms with Gasteiger partial charge in [0, 0.05) is 6.07 Å². The molecule has 86 valence electrons. The molecule has 1 N–H and O–H groups in total. The van der Waals surface area contributed by atoms with Crippen molar-refractivity contribution >= 4 is 17.6 Å². The predicted octanol–water partition coefficient (Wildman–Crippen LogP) is 2.28. The Morgan fingerprint density at radius 1 is 1.50 bits per heavy atom. The number of alkyl halides is 1. The van der Waals surface area contributed by atoms with Crippen LogP contribution < -0.4 is 5.32 Å². The molecule has 0 fully saturated rings. The molecule has 0 radical (unpaired) electrons. The Kier molecular flexibility index (Phi) is 3.09. The van der Waals surface area contributed by atoms with Crippen LogP contribution in [-0.4, -0.2) is 15.4 Å². The molecule has 0 aliphatic carbocycles. The largest absolute Gasteiger partial charge is 0.406 e. The smallest absolute Gasteiger partial charge is 0.315 e. The molecule has 0 aromatic carbocycles. The topological polar surface area (TPSA) is 77.0 Å². The van der Waals surface area contributed by atoms with Crippen molar-refractivity contribution in [3.63, 3.8) is 0 Å². The second-order valence-corrected chi connectivity index (χ2v) is 4.00. The zero-order valence-electron chi connectivity index (χ0n) is 8.90. The van der Waals surface area contributed by atoms with E-state index in [0.717, 1.165) is 11.5 Å². The maximum Gasteiger partial charge on any atom is 0.315 e. The highest BCUT2D eigenvalue weighted by Crippen LogP contribution is 2.19. The molecule has 2 heterocycles. The first kappa shape index (κ1) is 10.9. The van der Waals surface area contributed by atoms with Gasteiger partial charge in [-0.05, 0) is 13.8 Å². The second-order valence-electron chi connectivity index (χ2n) is 3.34. The number of rotatable bonds is 4. The Hall–Kier alpha value is -1.56. The van der Waals surface area contributed by atoms with Gasteiger partial charge in [0.25, 0.3) is 0 Å². The molecule has 0 amide bonds. The van der Waals surface area contributed by atoms with Crippen LogP contribution in [0.2, 0.25) is 0 Å². The maximum atomic E-state index is 5.79. The van der Waals surface area contributed by atoms with Crippen LogP contribution >= 0.6 is 11.6 Å². The summed E-state index contributed by atoms with van der Waals surface area (Å²) < 4.78 is 10.2. The lowest BCUT2D eigenvalue weighted by Gasteiger charge is -1.96. The van der Waals surface area contributed by atoms with Gasteiger partial charge < -0.3 is 14.3 Å². The molecule has 0 saturated heterocycles. The number of nitrogens with one attached hydrogen (secondary N) is 1. The lowest BCUT2D eigenvalue weighted by atomic mass is 10.4. The summed E-state index contributed by atoms with van der Waals surface area (Å²) in [5.41, 5.74) is 0.774. The molecule has 6 nitrogen and oxygen atoms in total. The third-order valence-corrected chi connectivity index (χ3v) is 2.07. The summed E-state index contributed by atoms with van der Waals surface area (Å²) >= 11 is 5.79. The van der Waals surface area contributed by atoms with Crippen LogP contribution in [0.3, 0.4) is 0 Å². The van der Waals surface area contributed by atoms with Gasteiger partial charge in [0.1, 0.15) is 16.8 Å². The van der Waals surface area contributed by atoms with Crippen LogP contribution in [0, 0.1) is 6.92 Å². The fourth-order valence-corrected chi connectivity index (χ4v) is 1.22. The van der Waals surface area contributed by atoms with Crippen LogP contribution in [-0.2, 0) is 6.54 Å². The summed E-state index contributed by atoms with van der Waals surface area (Å²) in [4.78, 5) is 0. The number of nitrogens with zero attached hydrogens (tertiary/aromatic N) is 3. The van der Waals surface area contributed by atoms with Gasteiger partial charge in [0.05, 0.1) is 6.54 Å². The van der Waals surface area contributed by atoms with Crippen LogP contribution in [0.5, 0.6) is 0 Å². The van der Waals surface area contributed by atoms with Gasteiger partial charge >= 0.3 is 6.01 Å². The highest BCUT2D eigenvalue weighted by Gasteiger charge is 2.11. The molecule has 16 heavy (non-hydrogen) atoms. The minimum Gasteiger partial charge on any atom is -0.406 e.